The number of urea groups is 1. The van der Waals surface area contributed by atoms with E-state index in [9.17, 15) is 35.5 Å². The molecule has 5 aromatic rings. The molecule has 0 atom stereocenters. The monoisotopic (exact) mass is 699 g/mol. The molecule has 9 nitrogen and oxygen atoms in total. The summed E-state index contributed by atoms with van der Waals surface area (Å²) in [5, 5.41) is 19.2. The minimum Gasteiger partial charge on any atom is -0.406 e. The second kappa shape index (κ2) is 14.1. The molecule has 0 radical (unpaired) electrons. The van der Waals surface area contributed by atoms with Crippen LogP contribution in [0.25, 0.3) is 22.5 Å². The van der Waals surface area contributed by atoms with Crippen LogP contribution in [-0.4, -0.2) is 45.7 Å². The summed E-state index contributed by atoms with van der Waals surface area (Å²) in [6.07, 6.45) is -8.93. The zero-order valence-electron chi connectivity index (χ0n) is 25.9. The molecule has 16 heteroatoms. The fourth-order valence-corrected chi connectivity index (χ4v) is 5.47. The molecule has 1 heterocycles. The van der Waals surface area contributed by atoms with E-state index >= 15 is 0 Å². The van der Waals surface area contributed by atoms with E-state index in [0.717, 1.165) is 25.0 Å². The number of halogens is 7. The van der Waals surface area contributed by atoms with Crippen molar-refractivity contribution in [2.45, 2.75) is 44.3 Å². The maximum Gasteiger partial charge on any atom is 0.573 e. The first-order chi connectivity index (χ1) is 23.8. The van der Waals surface area contributed by atoms with Gasteiger partial charge in [0, 0.05) is 24.3 Å². The molecule has 1 fully saturated rings. The molecule has 1 aliphatic rings. The number of H-pyrrole nitrogens is 1. The summed E-state index contributed by atoms with van der Waals surface area (Å²) < 4.78 is 97.3. The van der Waals surface area contributed by atoms with E-state index in [2.05, 4.69) is 36.0 Å². The Morgan fingerprint density at radius 2 is 1.64 bits per heavy atom. The largest absolute Gasteiger partial charge is 0.573 e. The number of carbonyl (C=O) groups excluding carboxylic acids is 1. The van der Waals surface area contributed by atoms with Crippen LogP contribution >= 0.6 is 0 Å². The molecule has 6 rings (SSSR count). The Morgan fingerprint density at radius 1 is 0.900 bits per heavy atom. The Kier molecular flexibility index (Phi) is 9.61. The minimum atomic E-state index is -4.92. The zero-order valence-corrected chi connectivity index (χ0v) is 25.9. The number of amides is 2. The lowest BCUT2D eigenvalue weighted by Crippen LogP contribution is -2.29. The summed E-state index contributed by atoms with van der Waals surface area (Å²) >= 11 is 0. The smallest absolute Gasteiger partial charge is 0.406 e. The van der Waals surface area contributed by atoms with E-state index in [1.165, 1.54) is 29.2 Å². The number of alkyl halides is 6. The molecule has 1 aromatic heterocycles. The van der Waals surface area contributed by atoms with Crippen molar-refractivity contribution in [1.82, 2.24) is 20.6 Å². The number of tetrazole rings is 1. The summed E-state index contributed by atoms with van der Waals surface area (Å²) in [6, 6.07) is 20.1. The molecular weight excluding hydrogens is 671 g/mol. The second-order valence-corrected chi connectivity index (χ2v) is 11.6. The molecule has 0 aliphatic heterocycles. The number of hydrogen-bond acceptors (Lipinski definition) is 6. The third-order valence-corrected chi connectivity index (χ3v) is 7.90. The Morgan fingerprint density at radius 3 is 2.28 bits per heavy atom. The van der Waals surface area contributed by atoms with Gasteiger partial charge in [0.2, 0.25) is 0 Å². The van der Waals surface area contributed by atoms with Crippen LogP contribution in [0, 0.1) is 5.82 Å². The van der Waals surface area contributed by atoms with E-state index < -0.39 is 43.1 Å². The number of benzene rings is 4. The highest BCUT2D eigenvalue weighted by Gasteiger charge is 2.32. The van der Waals surface area contributed by atoms with Gasteiger partial charge in [-0.25, -0.2) is 14.3 Å². The van der Waals surface area contributed by atoms with Crippen molar-refractivity contribution < 1.29 is 40.3 Å². The van der Waals surface area contributed by atoms with Crippen LogP contribution in [0.4, 0.5) is 52.6 Å². The topological polar surface area (TPSA) is 108 Å². The number of aromatic amines is 1. The minimum absolute atomic E-state index is 0.0970. The number of carbonyl (C=O) groups is 1. The number of nitrogens with zero attached hydrogens (tertiary/aromatic N) is 4. The van der Waals surface area contributed by atoms with Gasteiger partial charge >= 0.3 is 18.6 Å². The summed E-state index contributed by atoms with van der Waals surface area (Å²) in [7, 11) is 0. The SMILES string of the molecule is O=C(Nc1ccc(C2CC2)c(F)c1)Nc1cc(-c2ccccc2-c2nnn[nH]2)ccc1N(CCC(F)(F)F)Cc1ccc(OC(F)(F)F)cc1. The van der Waals surface area contributed by atoms with Crippen LogP contribution in [0.5, 0.6) is 5.75 Å². The molecular formula is C34H28F7N7O2. The van der Waals surface area contributed by atoms with Crippen LogP contribution in [0.1, 0.15) is 36.3 Å². The van der Waals surface area contributed by atoms with Gasteiger partial charge in [-0.3, -0.25) is 0 Å². The number of anilines is 3. The molecule has 4 aromatic carbocycles. The fraction of sp³-hybridized carbons (Fsp3) is 0.235. The fourth-order valence-electron chi connectivity index (χ4n) is 5.47. The van der Waals surface area contributed by atoms with Crippen LogP contribution in [-0.2, 0) is 6.54 Å². The van der Waals surface area contributed by atoms with Crippen molar-refractivity contribution >= 4 is 23.1 Å². The first-order valence-electron chi connectivity index (χ1n) is 15.3. The molecule has 1 aliphatic carbocycles. The number of rotatable bonds is 11. The molecule has 50 heavy (non-hydrogen) atoms. The van der Waals surface area contributed by atoms with Gasteiger partial charge in [0.05, 0.1) is 17.8 Å². The van der Waals surface area contributed by atoms with Gasteiger partial charge in [-0.2, -0.15) is 13.2 Å². The van der Waals surface area contributed by atoms with Crippen LogP contribution in [0.2, 0.25) is 0 Å². The highest BCUT2D eigenvalue weighted by molar-refractivity contribution is 6.02. The quantitative estimate of drug-likeness (QED) is 0.119. The average molecular weight is 700 g/mol. The standard InChI is InChI=1S/C34H28F7N7O2/c35-28-18-23(10-13-26(28)21-7-8-21)42-32(49)43-29-17-22(25-3-1-2-4-27(25)31-44-46-47-45-31)9-14-30(29)48(16-15-33(36,37)38)19-20-5-11-24(12-6-20)50-34(39,40)41/h1-6,9-14,17-18,21H,7-8,15-16,19H2,(H2,42,43,49)(H,44,45,46,47). The summed E-state index contributed by atoms with van der Waals surface area (Å²) in [4.78, 5) is 14.7. The molecule has 260 valence electrons. The van der Waals surface area contributed by atoms with E-state index in [1.54, 1.807) is 48.5 Å². The van der Waals surface area contributed by atoms with Gasteiger partial charge in [0.1, 0.15) is 11.6 Å². The average Bonchev–Trinajstić information content (AvgIpc) is 3.74. The van der Waals surface area contributed by atoms with Crippen molar-refractivity contribution in [3.63, 3.8) is 0 Å². The van der Waals surface area contributed by atoms with Crippen LogP contribution < -0.4 is 20.3 Å². The second-order valence-electron chi connectivity index (χ2n) is 11.6. The molecule has 0 unspecified atom stereocenters. The van der Waals surface area contributed by atoms with Crippen molar-refractivity contribution in [2.24, 2.45) is 0 Å². The number of nitrogens with one attached hydrogen (secondary N) is 3. The van der Waals surface area contributed by atoms with Gasteiger partial charge in [-0.05, 0) is 87.8 Å². The molecule has 2 amide bonds. The van der Waals surface area contributed by atoms with Gasteiger partial charge in [-0.1, -0.05) is 48.5 Å². The summed E-state index contributed by atoms with van der Waals surface area (Å²) in [5.41, 5.74) is 3.14. The Labute approximate surface area is 280 Å². The number of hydrogen-bond donors (Lipinski definition) is 3. The van der Waals surface area contributed by atoms with Gasteiger partial charge in [0.25, 0.3) is 0 Å². The van der Waals surface area contributed by atoms with Crippen molar-refractivity contribution in [1.29, 1.82) is 0 Å². The number of ether oxygens (including phenoxy) is 1. The lowest BCUT2D eigenvalue weighted by atomic mass is 9.98. The predicted octanol–water partition coefficient (Wildman–Crippen LogP) is 9.05. The lowest BCUT2D eigenvalue weighted by Gasteiger charge is -2.28. The zero-order chi connectivity index (χ0) is 35.5. The van der Waals surface area contributed by atoms with Crippen molar-refractivity contribution in [3.05, 3.63) is 102 Å². The first kappa shape index (κ1) is 34.2. The highest BCUT2D eigenvalue weighted by atomic mass is 19.4. The van der Waals surface area contributed by atoms with Crippen LogP contribution in [0.15, 0.2) is 84.9 Å². The maximum absolute atomic E-state index is 14.7. The lowest BCUT2D eigenvalue weighted by molar-refractivity contribution is -0.274. The molecule has 1 saturated carbocycles. The van der Waals surface area contributed by atoms with E-state index in [0.29, 0.717) is 33.6 Å². The molecule has 0 bridgehead atoms. The van der Waals surface area contributed by atoms with Crippen molar-refractivity contribution in [2.75, 3.05) is 22.1 Å². The molecule has 3 N–H and O–H groups in total. The van der Waals surface area contributed by atoms with E-state index in [1.807, 2.05) is 0 Å². The van der Waals surface area contributed by atoms with Gasteiger partial charge < -0.3 is 20.3 Å². The van der Waals surface area contributed by atoms with Crippen molar-refractivity contribution in [3.8, 4) is 28.3 Å². The van der Waals surface area contributed by atoms with Crippen LogP contribution in [0.3, 0.4) is 0 Å². The summed E-state index contributed by atoms with van der Waals surface area (Å²) in [6.45, 7) is -0.736. The van der Waals surface area contributed by atoms with Gasteiger partial charge in [0.15, 0.2) is 5.82 Å². The third-order valence-electron chi connectivity index (χ3n) is 7.90. The van der Waals surface area contributed by atoms with E-state index in [4.69, 9.17) is 0 Å². The molecule has 0 saturated heterocycles. The normalized spacial score (nSPS) is 13.2. The Bertz CT molecular complexity index is 1950. The number of aromatic nitrogens is 4. The molecule has 0 spiro atoms. The first-order valence-corrected chi connectivity index (χ1v) is 15.3. The van der Waals surface area contributed by atoms with E-state index in [-0.39, 0.29) is 29.5 Å². The van der Waals surface area contributed by atoms with Gasteiger partial charge in [-0.15, -0.1) is 18.3 Å². The Hall–Kier alpha value is -5.67. The Balaban J connectivity index is 1.36. The maximum atomic E-state index is 14.7. The summed E-state index contributed by atoms with van der Waals surface area (Å²) in [5.74, 6) is -0.460. The highest BCUT2D eigenvalue weighted by Crippen LogP contribution is 2.42. The predicted molar refractivity (Wildman–Crippen MR) is 171 cm³/mol. The third kappa shape index (κ3) is 8.86.